The molecule has 2 aliphatic heterocycles. The number of rotatable bonds is 5. The fraction of sp³-hybridized carbons (Fsp3) is 0.0213. The Kier molecular flexibility index (Phi) is 6.82. The van der Waals surface area contributed by atoms with Gasteiger partial charge in [-0.25, -0.2) is 0 Å². The molecule has 0 N–H and O–H groups in total. The van der Waals surface area contributed by atoms with E-state index in [0.29, 0.717) is 0 Å². The second kappa shape index (κ2) is 11.8. The van der Waals surface area contributed by atoms with Crippen LogP contribution in [0.5, 0.6) is 11.5 Å². The molecule has 0 amide bonds. The summed E-state index contributed by atoms with van der Waals surface area (Å²) in [4.78, 5) is 4.84. The summed E-state index contributed by atoms with van der Waals surface area (Å²) < 4.78 is 6.86. The van der Waals surface area contributed by atoms with Crippen LogP contribution < -0.4 is 30.9 Å². The smallest absolute Gasteiger partial charge is 0.257 e. The zero-order valence-electron chi connectivity index (χ0n) is 28.2. The van der Waals surface area contributed by atoms with Crippen LogP contribution in [-0.2, 0) is 0 Å². The molecule has 3 nitrogen and oxygen atoms in total. The molecule has 2 heterocycles. The maximum absolute atomic E-state index is 6.86. The largest absolute Gasteiger partial charge is 0.458 e. The van der Waals surface area contributed by atoms with E-state index < -0.39 is 0 Å². The van der Waals surface area contributed by atoms with Gasteiger partial charge >= 0.3 is 0 Å². The molecule has 51 heavy (non-hydrogen) atoms. The van der Waals surface area contributed by atoms with Crippen molar-refractivity contribution in [2.75, 3.05) is 9.80 Å². The summed E-state index contributed by atoms with van der Waals surface area (Å²) in [6, 6.07) is 65.5. The summed E-state index contributed by atoms with van der Waals surface area (Å²) in [6.45, 7) is 2.12. The Balaban J connectivity index is 1.29. The molecule has 0 saturated heterocycles. The van der Waals surface area contributed by atoms with Gasteiger partial charge in [0.25, 0.3) is 6.71 Å². The summed E-state index contributed by atoms with van der Waals surface area (Å²) in [7, 11) is 0. The first-order valence-electron chi connectivity index (χ1n) is 17.6. The molecular formula is C47H33BN2O. The number of anilines is 6. The molecule has 0 aliphatic carbocycles. The first-order chi connectivity index (χ1) is 25.2. The highest BCUT2D eigenvalue weighted by Gasteiger charge is 2.43. The van der Waals surface area contributed by atoms with Crippen LogP contribution in [0.4, 0.5) is 34.1 Å². The Bertz CT molecular complexity index is 2530. The third-order valence-corrected chi connectivity index (χ3v) is 10.4. The van der Waals surface area contributed by atoms with Crippen molar-refractivity contribution >= 4 is 68.0 Å². The van der Waals surface area contributed by atoms with E-state index >= 15 is 0 Å². The number of nitrogens with zero attached hydrogens (tertiary/aromatic N) is 2. The lowest BCUT2D eigenvalue weighted by Crippen LogP contribution is -2.59. The second-order valence-electron chi connectivity index (χ2n) is 13.4. The maximum atomic E-state index is 6.86. The molecule has 10 rings (SSSR count). The van der Waals surface area contributed by atoms with Crippen LogP contribution >= 0.6 is 0 Å². The number of ether oxygens (including phenoxy) is 1. The van der Waals surface area contributed by atoms with Crippen molar-refractivity contribution in [3.8, 4) is 22.6 Å². The van der Waals surface area contributed by atoms with E-state index in [9.17, 15) is 0 Å². The van der Waals surface area contributed by atoms with Crippen molar-refractivity contribution in [2.45, 2.75) is 6.92 Å². The van der Waals surface area contributed by atoms with Crippen molar-refractivity contribution in [3.05, 3.63) is 188 Å². The highest BCUT2D eigenvalue weighted by Crippen LogP contribution is 2.47. The van der Waals surface area contributed by atoms with Crippen molar-refractivity contribution < 1.29 is 4.74 Å². The van der Waals surface area contributed by atoms with E-state index in [2.05, 4.69) is 199 Å². The molecule has 0 unspecified atom stereocenters. The van der Waals surface area contributed by atoms with E-state index in [0.717, 1.165) is 45.5 Å². The average molecular weight is 653 g/mol. The SMILES string of the molecule is Cc1ccc(N2c3cccc4c3B(c3ccc(-c5ccccc5)cc3O4)c3c2cc(N(c2ccccc2)c2ccccc2)c2ccccc32)cc1. The zero-order chi connectivity index (χ0) is 33.9. The van der Waals surface area contributed by atoms with Gasteiger partial charge in [0.1, 0.15) is 11.5 Å². The molecule has 240 valence electrons. The predicted octanol–water partition coefficient (Wildman–Crippen LogP) is 10.7. The lowest BCUT2D eigenvalue weighted by molar-refractivity contribution is 0.488. The van der Waals surface area contributed by atoms with Crippen LogP contribution in [0.2, 0.25) is 0 Å². The molecule has 8 aromatic carbocycles. The molecule has 0 spiro atoms. The molecule has 8 aromatic rings. The Morgan fingerprint density at radius 1 is 0.490 bits per heavy atom. The van der Waals surface area contributed by atoms with Crippen LogP contribution in [-0.4, -0.2) is 6.71 Å². The zero-order valence-corrected chi connectivity index (χ0v) is 28.2. The van der Waals surface area contributed by atoms with E-state index in [1.165, 1.54) is 44.0 Å². The molecule has 0 saturated carbocycles. The molecule has 0 bridgehead atoms. The predicted molar refractivity (Wildman–Crippen MR) is 215 cm³/mol. The number of benzene rings is 8. The van der Waals surface area contributed by atoms with Crippen molar-refractivity contribution in [1.29, 1.82) is 0 Å². The molecule has 0 aromatic heterocycles. The highest BCUT2D eigenvalue weighted by molar-refractivity contribution is 7.00. The van der Waals surface area contributed by atoms with Gasteiger partial charge in [-0.15, -0.1) is 0 Å². The van der Waals surface area contributed by atoms with Crippen LogP contribution in [0.15, 0.2) is 182 Å². The monoisotopic (exact) mass is 652 g/mol. The summed E-state index contributed by atoms with van der Waals surface area (Å²) in [6.07, 6.45) is 0. The second-order valence-corrected chi connectivity index (χ2v) is 13.4. The van der Waals surface area contributed by atoms with Gasteiger partial charge in [-0.2, -0.15) is 0 Å². The number of fused-ring (bicyclic) bond motifs is 6. The molecule has 0 radical (unpaired) electrons. The quantitative estimate of drug-likeness (QED) is 0.172. The van der Waals surface area contributed by atoms with Crippen LogP contribution in [0.25, 0.3) is 21.9 Å². The molecule has 4 heteroatoms. The lowest BCUT2D eigenvalue weighted by Gasteiger charge is -2.41. The van der Waals surface area contributed by atoms with E-state index in [1.807, 2.05) is 0 Å². The molecule has 2 aliphatic rings. The Morgan fingerprint density at radius 2 is 1.14 bits per heavy atom. The third-order valence-electron chi connectivity index (χ3n) is 10.4. The van der Waals surface area contributed by atoms with Gasteiger partial charge in [0.15, 0.2) is 0 Å². The van der Waals surface area contributed by atoms with Crippen molar-refractivity contribution in [2.24, 2.45) is 0 Å². The lowest BCUT2D eigenvalue weighted by atomic mass is 9.33. The fourth-order valence-electron chi connectivity index (χ4n) is 8.07. The minimum Gasteiger partial charge on any atom is -0.458 e. The number of aryl methyl sites for hydroxylation is 1. The van der Waals surface area contributed by atoms with Gasteiger partial charge < -0.3 is 14.5 Å². The number of para-hydroxylation sites is 2. The standard InChI is InChI=1S/C47H33BN2O/c1-32-24-27-37(28-25-32)50-41-22-13-23-44-47(41)48(40-29-26-34(30-45(40)51-44)33-14-5-2-6-15-33)46-39-21-12-11-20-38(39)42(31-43(46)50)49(35-16-7-3-8-17-35)36-18-9-4-10-19-36/h2-31H,1H3. The molecule has 0 atom stereocenters. The van der Waals surface area contributed by atoms with E-state index in [-0.39, 0.29) is 6.71 Å². The first kappa shape index (κ1) is 29.4. The van der Waals surface area contributed by atoms with Gasteiger partial charge in [-0.3, -0.25) is 0 Å². The summed E-state index contributed by atoms with van der Waals surface area (Å²) in [5, 5.41) is 2.42. The number of hydrogen-bond donors (Lipinski definition) is 0. The van der Waals surface area contributed by atoms with Crippen molar-refractivity contribution in [3.63, 3.8) is 0 Å². The third kappa shape index (κ3) is 4.75. The van der Waals surface area contributed by atoms with Crippen molar-refractivity contribution in [1.82, 2.24) is 0 Å². The summed E-state index contributed by atoms with van der Waals surface area (Å²) in [5.41, 5.74) is 14.0. The van der Waals surface area contributed by atoms with Gasteiger partial charge in [-0.1, -0.05) is 127 Å². The van der Waals surface area contributed by atoms with E-state index in [4.69, 9.17) is 4.74 Å². The summed E-state index contributed by atoms with van der Waals surface area (Å²) in [5.74, 6) is 1.81. The number of hydrogen-bond acceptors (Lipinski definition) is 3. The van der Waals surface area contributed by atoms with Crippen LogP contribution in [0, 0.1) is 6.92 Å². The van der Waals surface area contributed by atoms with Gasteiger partial charge in [0, 0.05) is 33.8 Å². The maximum Gasteiger partial charge on any atom is 0.257 e. The van der Waals surface area contributed by atoms with Gasteiger partial charge in [0.05, 0.1) is 5.69 Å². The Hall–Kier alpha value is -6.52. The average Bonchev–Trinajstić information content (AvgIpc) is 3.19. The Morgan fingerprint density at radius 3 is 1.84 bits per heavy atom. The fourth-order valence-corrected chi connectivity index (χ4v) is 8.07. The molecule has 0 fully saturated rings. The van der Waals surface area contributed by atoms with Crippen LogP contribution in [0.3, 0.4) is 0 Å². The van der Waals surface area contributed by atoms with Crippen LogP contribution in [0.1, 0.15) is 5.56 Å². The Labute approximate surface area is 298 Å². The van der Waals surface area contributed by atoms with E-state index in [1.54, 1.807) is 0 Å². The first-order valence-corrected chi connectivity index (χ1v) is 17.6. The minimum absolute atomic E-state index is 0.0256. The van der Waals surface area contributed by atoms with Gasteiger partial charge in [0.2, 0.25) is 0 Å². The molecular weight excluding hydrogens is 619 g/mol. The summed E-state index contributed by atoms with van der Waals surface area (Å²) >= 11 is 0. The minimum atomic E-state index is -0.0256. The normalized spacial score (nSPS) is 12.5. The topological polar surface area (TPSA) is 15.7 Å². The van der Waals surface area contributed by atoms with Gasteiger partial charge in [-0.05, 0) is 100 Å². The highest BCUT2D eigenvalue weighted by atomic mass is 16.5.